The van der Waals surface area contributed by atoms with Crippen LogP contribution in [0.4, 0.5) is 0 Å². The van der Waals surface area contributed by atoms with Crippen LogP contribution in [-0.2, 0) is 4.74 Å². The Morgan fingerprint density at radius 1 is 1.37 bits per heavy atom. The van der Waals surface area contributed by atoms with Crippen LogP contribution in [0, 0.1) is 6.92 Å². The predicted molar refractivity (Wildman–Crippen MR) is 75.4 cm³/mol. The fraction of sp³-hybridized carbons (Fsp3) is 0.533. The van der Waals surface area contributed by atoms with Crippen LogP contribution in [0.5, 0.6) is 0 Å². The van der Waals surface area contributed by atoms with E-state index < -0.39 is 0 Å². The van der Waals surface area contributed by atoms with Gasteiger partial charge in [-0.3, -0.25) is 9.69 Å². The molecular formula is C15H22N2O2. The van der Waals surface area contributed by atoms with Gasteiger partial charge in [0, 0.05) is 31.2 Å². The topological polar surface area (TPSA) is 41.6 Å². The highest BCUT2D eigenvalue weighted by Gasteiger charge is 2.18. The number of nitrogens with zero attached hydrogens (tertiary/aromatic N) is 1. The van der Waals surface area contributed by atoms with Gasteiger partial charge in [-0.25, -0.2) is 0 Å². The van der Waals surface area contributed by atoms with Gasteiger partial charge >= 0.3 is 0 Å². The Bertz CT molecular complexity index is 428. The molecule has 1 amide bonds. The Kier molecular flexibility index (Phi) is 4.93. The largest absolute Gasteiger partial charge is 0.379 e. The molecule has 4 heteroatoms. The van der Waals surface area contributed by atoms with Gasteiger partial charge in [-0.1, -0.05) is 18.2 Å². The number of hydrogen-bond acceptors (Lipinski definition) is 3. The maximum absolute atomic E-state index is 12.1. The molecule has 0 spiro atoms. The second-order valence-electron chi connectivity index (χ2n) is 5.02. The number of morpholine rings is 1. The molecule has 1 fully saturated rings. The van der Waals surface area contributed by atoms with E-state index in [1.165, 1.54) is 0 Å². The second-order valence-corrected chi connectivity index (χ2v) is 5.02. The first-order valence-electron chi connectivity index (χ1n) is 6.84. The van der Waals surface area contributed by atoms with Crippen molar-refractivity contribution in [2.24, 2.45) is 0 Å². The standard InChI is InChI=1S/C15H22N2O2/c1-12-5-3-4-6-14(12)15(18)16-11-13(2)17-7-9-19-10-8-17/h3-6,13H,7-11H2,1-2H3,(H,16,18). The molecule has 19 heavy (non-hydrogen) atoms. The maximum atomic E-state index is 12.1. The van der Waals surface area contributed by atoms with E-state index in [4.69, 9.17) is 4.74 Å². The Hall–Kier alpha value is -1.39. The SMILES string of the molecule is Cc1ccccc1C(=O)NCC(C)N1CCOCC1. The summed E-state index contributed by atoms with van der Waals surface area (Å²) in [6.45, 7) is 8.24. The highest BCUT2D eigenvalue weighted by atomic mass is 16.5. The number of aryl methyl sites for hydroxylation is 1. The van der Waals surface area contributed by atoms with Crippen LogP contribution in [-0.4, -0.2) is 49.7 Å². The number of amides is 1. The summed E-state index contributed by atoms with van der Waals surface area (Å²) in [6.07, 6.45) is 0. The number of nitrogens with one attached hydrogen (secondary N) is 1. The van der Waals surface area contributed by atoms with Gasteiger partial charge < -0.3 is 10.1 Å². The van der Waals surface area contributed by atoms with Crippen LogP contribution in [0.25, 0.3) is 0 Å². The summed E-state index contributed by atoms with van der Waals surface area (Å²) < 4.78 is 5.33. The average Bonchev–Trinajstić information content (AvgIpc) is 2.46. The van der Waals surface area contributed by atoms with Crippen LogP contribution in [0.3, 0.4) is 0 Å². The summed E-state index contributed by atoms with van der Waals surface area (Å²) in [6, 6.07) is 8.01. The number of rotatable bonds is 4. The molecule has 0 aliphatic carbocycles. The van der Waals surface area contributed by atoms with Gasteiger partial charge in [-0.2, -0.15) is 0 Å². The third kappa shape index (κ3) is 3.78. The van der Waals surface area contributed by atoms with E-state index in [1.54, 1.807) is 0 Å². The molecule has 1 aromatic carbocycles. The summed E-state index contributed by atoms with van der Waals surface area (Å²) in [5.74, 6) is 0.0122. The first kappa shape index (κ1) is 14.0. The van der Waals surface area contributed by atoms with Gasteiger partial charge in [0.05, 0.1) is 13.2 Å². The summed E-state index contributed by atoms with van der Waals surface area (Å²) in [7, 11) is 0. The third-order valence-electron chi connectivity index (χ3n) is 3.62. The van der Waals surface area contributed by atoms with Crippen LogP contribution in [0.1, 0.15) is 22.8 Å². The minimum atomic E-state index is 0.0122. The Morgan fingerprint density at radius 3 is 2.74 bits per heavy atom. The van der Waals surface area contributed by atoms with Crippen molar-refractivity contribution in [3.8, 4) is 0 Å². The highest BCUT2D eigenvalue weighted by molar-refractivity contribution is 5.95. The van der Waals surface area contributed by atoms with E-state index in [0.717, 1.165) is 37.4 Å². The molecule has 0 saturated carbocycles. The smallest absolute Gasteiger partial charge is 0.251 e. The lowest BCUT2D eigenvalue weighted by Gasteiger charge is -2.32. The lowest BCUT2D eigenvalue weighted by Crippen LogP contribution is -2.47. The molecule has 1 unspecified atom stereocenters. The molecule has 1 atom stereocenters. The van der Waals surface area contributed by atoms with Crippen molar-refractivity contribution in [2.75, 3.05) is 32.8 Å². The van der Waals surface area contributed by atoms with Gasteiger partial charge in [-0.05, 0) is 25.5 Å². The molecule has 104 valence electrons. The molecule has 2 rings (SSSR count). The summed E-state index contributed by atoms with van der Waals surface area (Å²) in [5, 5.41) is 3.02. The van der Waals surface area contributed by atoms with E-state index in [1.807, 2.05) is 31.2 Å². The Morgan fingerprint density at radius 2 is 2.05 bits per heavy atom. The molecular weight excluding hydrogens is 240 g/mol. The summed E-state index contributed by atoms with van der Waals surface area (Å²) >= 11 is 0. The quantitative estimate of drug-likeness (QED) is 0.893. The van der Waals surface area contributed by atoms with E-state index in [-0.39, 0.29) is 5.91 Å². The normalized spacial score (nSPS) is 18.0. The molecule has 4 nitrogen and oxygen atoms in total. The van der Waals surface area contributed by atoms with Crippen molar-refractivity contribution in [1.82, 2.24) is 10.2 Å². The minimum Gasteiger partial charge on any atom is -0.379 e. The van der Waals surface area contributed by atoms with Crippen molar-refractivity contribution < 1.29 is 9.53 Å². The number of hydrogen-bond donors (Lipinski definition) is 1. The molecule has 1 aliphatic heterocycles. The van der Waals surface area contributed by atoms with Crippen LogP contribution >= 0.6 is 0 Å². The number of carbonyl (C=O) groups excluding carboxylic acids is 1. The number of benzene rings is 1. The lowest BCUT2D eigenvalue weighted by molar-refractivity contribution is 0.0204. The number of ether oxygens (including phenoxy) is 1. The molecule has 1 heterocycles. The van der Waals surface area contributed by atoms with E-state index >= 15 is 0 Å². The molecule has 1 N–H and O–H groups in total. The zero-order valence-corrected chi connectivity index (χ0v) is 11.7. The molecule has 1 saturated heterocycles. The molecule has 1 aromatic rings. The maximum Gasteiger partial charge on any atom is 0.251 e. The number of carbonyl (C=O) groups is 1. The van der Waals surface area contributed by atoms with Crippen molar-refractivity contribution in [2.45, 2.75) is 19.9 Å². The molecule has 0 bridgehead atoms. The van der Waals surface area contributed by atoms with Crippen molar-refractivity contribution in [3.63, 3.8) is 0 Å². The third-order valence-corrected chi connectivity index (χ3v) is 3.62. The lowest BCUT2D eigenvalue weighted by atomic mass is 10.1. The van der Waals surface area contributed by atoms with Crippen molar-refractivity contribution >= 4 is 5.91 Å². The van der Waals surface area contributed by atoms with Crippen LogP contribution in [0.2, 0.25) is 0 Å². The average molecular weight is 262 g/mol. The second kappa shape index (κ2) is 6.68. The Balaban J connectivity index is 1.84. The summed E-state index contributed by atoms with van der Waals surface area (Å²) in [5.41, 5.74) is 1.77. The van der Waals surface area contributed by atoms with E-state index in [2.05, 4.69) is 17.1 Å². The van der Waals surface area contributed by atoms with Crippen LogP contribution < -0.4 is 5.32 Å². The van der Waals surface area contributed by atoms with Gasteiger partial charge in [0.15, 0.2) is 0 Å². The van der Waals surface area contributed by atoms with E-state index in [9.17, 15) is 4.79 Å². The van der Waals surface area contributed by atoms with Gasteiger partial charge in [-0.15, -0.1) is 0 Å². The van der Waals surface area contributed by atoms with Gasteiger partial charge in [0.2, 0.25) is 0 Å². The van der Waals surface area contributed by atoms with Crippen LogP contribution in [0.15, 0.2) is 24.3 Å². The van der Waals surface area contributed by atoms with Crippen molar-refractivity contribution in [1.29, 1.82) is 0 Å². The van der Waals surface area contributed by atoms with Gasteiger partial charge in [0.1, 0.15) is 0 Å². The predicted octanol–water partition coefficient (Wildman–Crippen LogP) is 1.45. The van der Waals surface area contributed by atoms with Crippen molar-refractivity contribution in [3.05, 3.63) is 35.4 Å². The fourth-order valence-electron chi connectivity index (χ4n) is 2.31. The molecule has 1 aliphatic rings. The first-order valence-corrected chi connectivity index (χ1v) is 6.84. The molecule has 0 radical (unpaired) electrons. The minimum absolute atomic E-state index is 0.0122. The molecule has 0 aromatic heterocycles. The summed E-state index contributed by atoms with van der Waals surface area (Å²) in [4.78, 5) is 14.4. The zero-order valence-electron chi connectivity index (χ0n) is 11.7. The monoisotopic (exact) mass is 262 g/mol. The first-order chi connectivity index (χ1) is 9.18. The fourth-order valence-corrected chi connectivity index (χ4v) is 2.31. The van der Waals surface area contributed by atoms with E-state index in [0.29, 0.717) is 12.6 Å². The van der Waals surface area contributed by atoms with Gasteiger partial charge in [0.25, 0.3) is 5.91 Å². The Labute approximate surface area is 114 Å². The zero-order chi connectivity index (χ0) is 13.7. The highest BCUT2D eigenvalue weighted by Crippen LogP contribution is 2.07.